The van der Waals surface area contributed by atoms with Crippen molar-refractivity contribution >= 4 is 12.4 Å². The third-order valence-electron chi connectivity index (χ3n) is 2.66. The van der Waals surface area contributed by atoms with Crippen molar-refractivity contribution in [2.24, 2.45) is 0 Å². The van der Waals surface area contributed by atoms with Crippen molar-refractivity contribution in [1.29, 1.82) is 5.26 Å². The van der Waals surface area contributed by atoms with Crippen molar-refractivity contribution in [3.05, 3.63) is 35.4 Å². The summed E-state index contributed by atoms with van der Waals surface area (Å²) in [6.45, 7) is 1.89. The summed E-state index contributed by atoms with van der Waals surface area (Å²) >= 11 is 0. The van der Waals surface area contributed by atoms with E-state index in [2.05, 4.69) is 4.74 Å². The van der Waals surface area contributed by atoms with Crippen LogP contribution >= 0.6 is 0 Å². The maximum Gasteiger partial charge on any atom is 0.509 e. The zero-order valence-electron chi connectivity index (χ0n) is 11.4. The van der Waals surface area contributed by atoms with Gasteiger partial charge in [0.05, 0.1) is 6.61 Å². The van der Waals surface area contributed by atoms with Crippen LogP contribution in [0.1, 0.15) is 35.7 Å². The van der Waals surface area contributed by atoms with Gasteiger partial charge in [0.1, 0.15) is 12.4 Å². The summed E-state index contributed by atoms with van der Waals surface area (Å²) in [5, 5.41) is 8.89. The Labute approximate surface area is 118 Å². The molecule has 0 heterocycles. The highest BCUT2D eigenvalue weighted by molar-refractivity contribution is 5.74. The van der Waals surface area contributed by atoms with Gasteiger partial charge in [-0.05, 0) is 37.8 Å². The molecule has 0 spiro atoms. The number of nitriles is 1. The third-order valence-corrected chi connectivity index (χ3v) is 2.66. The molecular formula is C15H17NO4. The molecule has 1 unspecified atom stereocenters. The maximum absolute atomic E-state index is 11.1. The minimum atomic E-state index is -0.818. The maximum atomic E-state index is 11.1. The highest BCUT2D eigenvalue weighted by Crippen LogP contribution is 2.10. The zero-order valence-corrected chi connectivity index (χ0v) is 11.4. The number of rotatable bonds is 7. The van der Waals surface area contributed by atoms with Crippen LogP contribution in [0.3, 0.4) is 0 Å². The summed E-state index contributed by atoms with van der Waals surface area (Å²) in [5.41, 5.74) is 1.64. The molecule has 0 bridgehead atoms. The Morgan fingerprint density at radius 1 is 1.50 bits per heavy atom. The van der Waals surface area contributed by atoms with Gasteiger partial charge >= 0.3 is 6.16 Å². The van der Waals surface area contributed by atoms with E-state index in [0.717, 1.165) is 11.8 Å². The predicted octanol–water partition coefficient (Wildman–Crippen LogP) is 2.89. The first-order valence-electron chi connectivity index (χ1n) is 6.46. The van der Waals surface area contributed by atoms with Crippen LogP contribution in [-0.2, 0) is 15.9 Å². The summed E-state index contributed by atoms with van der Waals surface area (Å²) < 4.78 is 9.46. The molecule has 0 aromatic heterocycles. The normalized spacial score (nSPS) is 11.2. The standard InChI is InChI=1S/C15H17NO4/c1-2-19-15(18)20-14(10-16)8-4-6-12-5-3-7-13(9-12)11-17/h3,5,7,9,11,14H,2,4,6,8H2,1H3. The molecule has 0 fully saturated rings. The van der Waals surface area contributed by atoms with Crippen molar-refractivity contribution in [1.82, 2.24) is 0 Å². The van der Waals surface area contributed by atoms with Gasteiger partial charge in [-0.15, -0.1) is 0 Å². The molecule has 0 saturated heterocycles. The molecule has 106 valence electrons. The number of carbonyl (C=O) groups is 2. The van der Waals surface area contributed by atoms with Gasteiger partial charge < -0.3 is 9.47 Å². The van der Waals surface area contributed by atoms with Gasteiger partial charge in [0.25, 0.3) is 0 Å². The van der Waals surface area contributed by atoms with Gasteiger partial charge in [0.15, 0.2) is 6.10 Å². The summed E-state index contributed by atoms with van der Waals surface area (Å²) in [5.74, 6) is 0. The van der Waals surface area contributed by atoms with Crippen molar-refractivity contribution in [3.63, 3.8) is 0 Å². The van der Waals surface area contributed by atoms with Gasteiger partial charge in [0.2, 0.25) is 0 Å². The summed E-state index contributed by atoms with van der Waals surface area (Å²) in [4.78, 5) is 21.8. The van der Waals surface area contributed by atoms with E-state index in [1.807, 2.05) is 18.2 Å². The second kappa shape index (κ2) is 8.70. The minimum absolute atomic E-state index is 0.218. The van der Waals surface area contributed by atoms with Crippen LogP contribution in [0, 0.1) is 11.3 Å². The number of hydrogen-bond acceptors (Lipinski definition) is 5. The van der Waals surface area contributed by atoms with E-state index >= 15 is 0 Å². The molecule has 5 heteroatoms. The fraction of sp³-hybridized carbons (Fsp3) is 0.400. The van der Waals surface area contributed by atoms with E-state index < -0.39 is 12.3 Å². The lowest BCUT2D eigenvalue weighted by Gasteiger charge is -2.10. The van der Waals surface area contributed by atoms with Crippen molar-refractivity contribution < 1.29 is 19.1 Å². The van der Waals surface area contributed by atoms with Crippen LogP contribution in [0.4, 0.5) is 4.79 Å². The average Bonchev–Trinajstić information content (AvgIpc) is 2.46. The van der Waals surface area contributed by atoms with E-state index in [4.69, 9.17) is 10.00 Å². The lowest BCUT2D eigenvalue weighted by molar-refractivity contribution is 0.0398. The molecule has 5 nitrogen and oxygen atoms in total. The van der Waals surface area contributed by atoms with E-state index in [1.54, 1.807) is 19.1 Å². The third kappa shape index (κ3) is 5.53. The summed E-state index contributed by atoms with van der Waals surface area (Å²) in [6.07, 6.45) is 1.00. The van der Waals surface area contributed by atoms with Gasteiger partial charge in [0, 0.05) is 5.56 Å². The SMILES string of the molecule is CCOC(=O)OC(C#N)CCCc1cccc(C=O)c1. The largest absolute Gasteiger partial charge is 0.509 e. The van der Waals surface area contributed by atoms with Crippen molar-refractivity contribution in [2.45, 2.75) is 32.3 Å². The van der Waals surface area contributed by atoms with Crippen LogP contribution in [-0.4, -0.2) is 25.2 Å². The molecule has 0 radical (unpaired) electrons. The fourth-order valence-electron chi connectivity index (χ4n) is 1.73. The Morgan fingerprint density at radius 2 is 2.30 bits per heavy atom. The number of hydrogen-bond donors (Lipinski definition) is 0. The quantitative estimate of drug-likeness (QED) is 0.565. The van der Waals surface area contributed by atoms with Gasteiger partial charge in [-0.3, -0.25) is 4.79 Å². The van der Waals surface area contributed by atoms with Crippen LogP contribution in [0.15, 0.2) is 24.3 Å². The molecule has 0 aliphatic heterocycles. The first kappa shape index (κ1) is 15.7. The second-order valence-electron chi connectivity index (χ2n) is 4.17. The topological polar surface area (TPSA) is 76.4 Å². The van der Waals surface area contributed by atoms with Gasteiger partial charge in [-0.25, -0.2) is 4.79 Å². The fourth-order valence-corrected chi connectivity index (χ4v) is 1.73. The van der Waals surface area contributed by atoms with Gasteiger partial charge in [-0.2, -0.15) is 5.26 Å². The molecule has 0 N–H and O–H groups in total. The number of benzene rings is 1. The Bertz CT molecular complexity index is 493. The smallest absolute Gasteiger partial charge is 0.435 e. The van der Waals surface area contributed by atoms with Crippen LogP contribution in [0.5, 0.6) is 0 Å². The zero-order chi connectivity index (χ0) is 14.8. The first-order chi connectivity index (χ1) is 9.69. The molecule has 0 aliphatic rings. The number of nitrogens with zero attached hydrogens (tertiary/aromatic N) is 1. The van der Waals surface area contributed by atoms with E-state index in [1.165, 1.54) is 0 Å². The monoisotopic (exact) mass is 275 g/mol. The molecule has 0 aliphatic carbocycles. The lowest BCUT2D eigenvalue weighted by atomic mass is 10.0. The highest BCUT2D eigenvalue weighted by atomic mass is 16.7. The molecule has 1 rings (SSSR count). The van der Waals surface area contributed by atoms with Crippen LogP contribution < -0.4 is 0 Å². The van der Waals surface area contributed by atoms with Crippen LogP contribution in [0.25, 0.3) is 0 Å². The number of carbonyl (C=O) groups excluding carboxylic acids is 2. The first-order valence-corrected chi connectivity index (χ1v) is 6.46. The Balaban J connectivity index is 2.39. The van der Waals surface area contributed by atoms with E-state index in [0.29, 0.717) is 24.8 Å². The summed E-state index contributed by atoms with van der Waals surface area (Å²) in [6, 6.07) is 9.19. The van der Waals surface area contributed by atoms with Crippen LogP contribution in [0.2, 0.25) is 0 Å². The molecular weight excluding hydrogens is 258 g/mol. The van der Waals surface area contributed by atoms with Crippen molar-refractivity contribution in [3.8, 4) is 6.07 Å². The lowest BCUT2D eigenvalue weighted by Crippen LogP contribution is -2.17. The average molecular weight is 275 g/mol. The molecule has 1 aromatic carbocycles. The van der Waals surface area contributed by atoms with Gasteiger partial charge in [-0.1, -0.05) is 18.2 Å². The predicted molar refractivity (Wildman–Crippen MR) is 72.3 cm³/mol. The Morgan fingerprint density at radius 3 is 2.95 bits per heavy atom. The number of ether oxygens (including phenoxy) is 2. The minimum Gasteiger partial charge on any atom is -0.435 e. The Kier molecular flexibility index (Phi) is 6.83. The Hall–Kier alpha value is -2.35. The van der Waals surface area contributed by atoms with E-state index in [9.17, 15) is 9.59 Å². The summed E-state index contributed by atoms with van der Waals surface area (Å²) in [7, 11) is 0. The number of aldehydes is 1. The molecule has 20 heavy (non-hydrogen) atoms. The molecule has 0 saturated carbocycles. The number of aryl methyl sites for hydroxylation is 1. The molecule has 1 atom stereocenters. The molecule has 0 amide bonds. The highest BCUT2D eigenvalue weighted by Gasteiger charge is 2.13. The van der Waals surface area contributed by atoms with Crippen molar-refractivity contribution in [2.75, 3.05) is 6.61 Å². The van der Waals surface area contributed by atoms with E-state index in [-0.39, 0.29) is 6.61 Å². The molecule has 1 aromatic rings. The second-order valence-corrected chi connectivity index (χ2v) is 4.17.